The van der Waals surface area contributed by atoms with Crippen molar-refractivity contribution in [2.24, 2.45) is 0 Å². The predicted molar refractivity (Wildman–Crippen MR) is 89.9 cm³/mol. The molecular weight excluding hydrogens is 290 g/mol. The van der Waals surface area contributed by atoms with Gasteiger partial charge in [0.1, 0.15) is 11.4 Å². The third-order valence-electron chi connectivity index (χ3n) is 3.77. The van der Waals surface area contributed by atoms with Gasteiger partial charge in [0.25, 0.3) is 0 Å². The van der Waals surface area contributed by atoms with E-state index in [2.05, 4.69) is 10.3 Å². The van der Waals surface area contributed by atoms with Gasteiger partial charge in [0.2, 0.25) is 5.91 Å². The number of fused-ring (bicyclic) bond motifs is 1. The molecule has 0 atom stereocenters. The Labute approximate surface area is 134 Å². The molecule has 0 fully saturated rings. The van der Waals surface area contributed by atoms with Crippen LogP contribution in [0.2, 0.25) is 0 Å². The lowest BCUT2D eigenvalue weighted by atomic mass is 10.2. The third-order valence-corrected chi connectivity index (χ3v) is 3.77. The van der Waals surface area contributed by atoms with Crippen LogP contribution in [0.15, 0.2) is 48.7 Å². The minimum Gasteiger partial charge on any atom is -0.497 e. The summed E-state index contributed by atoms with van der Waals surface area (Å²) < 4.78 is 7.19. The molecule has 0 aliphatic heterocycles. The lowest BCUT2D eigenvalue weighted by Crippen LogP contribution is -2.13. The highest BCUT2D eigenvalue weighted by Gasteiger charge is 2.10. The number of aryl methyl sites for hydroxylation is 2. The maximum Gasteiger partial charge on any atom is 0.224 e. The van der Waals surface area contributed by atoms with Crippen LogP contribution in [0.25, 0.3) is 5.65 Å². The van der Waals surface area contributed by atoms with Crippen molar-refractivity contribution >= 4 is 17.2 Å². The van der Waals surface area contributed by atoms with Crippen molar-refractivity contribution in [3.05, 3.63) is 60.0 Å². The standard InChI is InChI=1S/C18H19N3O2/c1-13-16(21-11-4-3-8-17(21)19-13)9-10-18(22)20-14-6-5-7-15(12-14)23-2/h3-8,11-12H,9-10H2,1-2H3,(H,20,22). The maximum absolute atomic E-state index is 12.2. The monoisotopic (exact) mass is 309 g/mol. The molecule has 3 rings (SSSR count). The van der Waals surface area contributed by atoms with Crippen LogP contribution in [0.3, 0.4) is 0 Å². The lowest BCUT2D eigenvalue weighted by molar-refractivity contribution is -0.116. The Morgan fingerprint density at radius 1 is 1.26 bits per heavy atom. The quantitative estimate of drug-likeness (QED) is 0.787. The van der Waals surface area contributed by atoms with E-state index in [-0.39, 0.29) is 5.91 Å². The van der Waals surface area contributed by atoms with Crippen LogP contribution >= 0.6 is 0 Å². The number of aromatic nitrogens is 2. The van der Waals surface area contributed by atoms with E-state index >= 15 is 0 Å². The highest BCUT2D eigenvalue weighted by molar-refractivity contribution is 5.91. The fourth-order valence-electron chi connectivity index (χ4n) is 2.62. The molecule has 1 N–H and O–H groups in total. The Bertz CT molecular complexity index is 839. The number of hydrogen-bond acceptors (Lipinski definition) is 3. The summed E-state index contributed by atoms with van der Waals surface area (Å²) >= 11 is 0. The summed E-state index contributed by atoms with van der Waals surface area (Å²) in [5.41, 5.74) is 3.68. The minimum atomic E-state index is -0.0245. The van der Waals surface area contributed by atoms with Gasteiger partial charge in [-0.2, -0.15) is 0 Å². The molecule has 0 bridgehead atoms. The molecule has 5 heteroatoms. The summed E-state index contributed by atoms with van der Waals surface area (Å²) in [4.78, 5) is 16.7. The zero-order chi connectivity index (χ0) is 16.2. The lowest BCUT2D eigenvalue weighted by Gasteiger charge is -2.07. The molecule has 1 aromatic carbocycles. The number of ether oxygens (including phenoxy) is 1. The summed E-state index contributed by atoms with van der Waals surface area (Å²) in [5.74, 6) is 0.698. The van der Waals surface area contributed by atoms with Crippen LogP contribution in [0.1, 0.15) is 17.8 Å². The van der Waals surface area contributed by atoms with Gasteiger partial charge in [-0.05, 0) is 37.6 Å². The van der Waals surface area contributed by atoms with Gasteiger partial charge in [0, 0.05) is 30.1 Å². The number of carbonyl (C=O) groups excluding carboxylic acids is 1. The number of nitrogens with zero attached hydrogens (tertiary/aromatic N) is 2. The summed E-state index contributed by atoms with van der Waals surface area (Å²) in [6.45, 7) is 1.97. The molecule has 23 heavy (non-hydrogen) atoms. The van der Waals surface area contributed by atoms with Gasteiger partial charge in [0.05, 0.1) is 12.8 Å². The molecule has 0 saturated heterocycles. The highest BCUT2D eigenvalue weighted by atomic mass is 16.5. The largest absolute Gasteiger partial charge is 0.497 e. The van der Waals surface area contributed by atoms with Gasteiger partial charge in [-0.3, -0.25) is 4.79 Å². The third kappa shape index (κ3) is 3.34. The van der Waals surface area contributed by atoms with Gasteiger partial charge in [-0.15, -0.1) is 0 Å². The zero-order valence-corrected chi connectivity index (χ0v) is 13.2. The molecule has 3 aromatic rings. The molecule has 0 unspecified atom stereocenters. The molecule has 0 aliphatic carbocycles. The number of amides is 1. The van der Waals surface area contributed by atoms with Gasteiger partial charge >= 0.3 is 0 Å². The van der Waals surface area contributed by atoms with Crippen molar-refractivity contribution in [3.63, 3.8) is 0 Å². The van der Waals surface area contributed by atoms with Crippen molar-refractivity contribution in [3.8, 4) is 5.75 Å². The number of imidazole rings is 1. The first-order chi connectivity index (χ1) is 11.2. The second-order valence-electron chi connectivity index (χ2n) is 5.35. The number of anilines is 1. The second kappa shape index (κ2) is 6.52. The average molecular weight is 309 g/mol. The number of carbonyl (C=O) groups is 1. The first kappa shape index (κ1) is 15.1. The van der Waals surface area contributed by atoms with Gasteiger partial charge in [0.15, 0.2) is 0 Å². The summed E-state index contributed by atoms with van der Waals surface area (Å²) in [6, 6.07) is 13.2. The molecule has 5 nitrogen and oxygen atoms in total. The van der Waals surface area contributed by atoms with Crippen LogP contribution in [0.5, 0.6) is 5.75 Å². The fraction of sp³-hybridized carbons (Fsp3) is 0.222. The Morgan fingerprint density at radius 3 is 2.96 bits per heavy atom. The first-order valence-electron chi connectivity index (χ1n) is 7.54. The van der Waals surface area contributed by atoms with E-state index in [0.29, 0.717) is 12.8 Å². The van der Waals surface area contributed by atoms with Gasteiger partial charge < -0.3 is 14.5 Å². The SMILES string of the molecule is COc1cccc(NC(=O)CCc2c(C)nc3ccccn23)c1. The molecule has 0 saturated carbocycles. The second-order valence-corrected chi connectivity index (χ2v) is 5.35. The Morgan fingerprint density at radius 2 is 2.13 bits per heavy atom. The number of pyridine rings is 1. The van der Waals surface area contributed by atoms with Crippen molar-refractivity contribution < 1.29 is 9.53 Å². The summed E-state index contributed by atoms with van der Waals surface area (Å²) in [6.07, 6.45) is 3.03. The Kier molecular flexibility index (Phi) is 4.28. The number of hydrogen-bond donors (Lipinski definition) is 1. The van der Waals surface area contributed by atoms with Crippen molar-refractivity contribution in [1.82, 2.24) is 9.38 Å². The van der Waals surface area contributed by atoms with Crippen LogP contribution in [0, 0.1) is 6.92 Å². The fourth-order valence-corrected chi connectivity index (χ4v) is 2.62. The van der Waals surface area contributed by atoms with E-state index in [4.69, 9.17) is 4.74 Å². The number of benzene rings is 1. The smallest absolute Gasteiger partial charge is 0.224 e. The molecular formula is C18H19N3O2. The Balaban J connectivity index is 1.67. The van der Waals surface area contributed by atoms with E-state index in [9.17, 15) is 4.79 Å². The van der Waals surface area contributed by atoms with E-state index < -0.39 is 0 Å². The van der Waals surface area contributed by atoms with Crippen LogP contribution < -0.4 is 10.1 Å². The van der Waals surface area contributed by atoms with Crippen LogP contribution in [0.4, 0.5) is 5.69 Å². The molecule has 1 amide bonds. The van der Waals surface area contributed by atoms with Crippen molar-refractivity contribution in [2.75, 3.05) is 12.4 Å². The number of rotatable bonds is 5. The molecule has 0 radical (unpaired) electrons. The van der Waals surface area contributed by atoms with Crippen LogP contribution in [-0.2, 0) is 11.2 Å². The van der Waals surface area contributed by atoms with Crippen LogP contribution in [-0.4, -0.2) is 22.4 Å². The first-order valence-corrected chi connectivity index (χ1v) is 7.54. The van der Waals surface area contributed by atoms with Crippen molar-refractivity contribution in [1.29, 1.82) is 0 Å². The molecule has 0 aliphatic rings. The topological polar surface area (TPSA) is 55.6 Å². The molecule has 118 valence electrons. The molecule has 2 aromatic heterocycles. The Hall–Kier alpha value is -2.82. The summed E-state index contributed by atoms with van der Waals surface area (Å²) in [7, 11) is 1.61. The number of methoxy groups -OCH3 is 1. The van der Waals surface area contributed by atoms with E-state index in [0.717, 1.165) is 28.5 Å². The normalized spacial score (nSPS) is 10.7. The van der Waals surface area contributed by atoms with Gasteiger partial charge in [-0.1, -0.05) is 12.1 Å². The van der Waals surface area contributed by atoms with E-state index in [1.54, 1.807) is 13.2 Å². The predicted octanol–water partition coefficient (Wildman–Crippen LogP) is 3.22. The minimum absolute atomic E-state index is 0.0245. The summed E-state index contributed by atoms with van der Waals surface area (Å²) in [5, 5.41) is 2.90. The van der Waals surface area contributed by atoms with E-state index in [1.807, 2.05) is 53.9 Å². The zero-order valence-electron chi connectivity index (χ0n) is 13.2. The molecule has 0 spiro atoms. The van der Waals surface area contributed by atoms with Gasteiger partial charge in [-0.25, -0.2) is 4.98 Å². The number of nitrogens with one attached hydrogen (secondary N) is 1. The van der Waals surface area contributed by atoms with Crippen molar-refractivity contribution in [2.45, 2.75) is 19.8 Å². The van der Waals surface area contributed by atoms with E-state index in [1.165, 1.54) is 0 Å². The highest BCUT2D eigenvalue weighted by Crippen LogP contribution is 2.18. The molecule has 2 heterocycles. The maximum atomic E-state index is 12.2. The average Bonchev–Trinajstić information content (AvgIpc) is 2.88.